The lowest BCUT2D eigenvalue weighted by Crippen LogP contribution is -2.26. The Labute approximate surface area is 149 Å². The summed E-state index contributed by atoms with van der Waals surface area (Å²) in [6, 6.07) is 8.01. The zero-order valence-corrected chi connectivity index (χ0v) is 14.9. The van der Waals surface area contributed by atoms with Crippen LogP contribution in [-0.2, 0) is 14.4 Å². The predicted octanol–water partition coefficient (Wildman–Crippen LogP) is 4.57. The summed E-state index contributed by atoms with van der Waals surface area (Å²) >= 11 is 2.92. The van der Waals surface area contributed by atoms with Crippen molar-refractivity contribution >= 4 is 31.8 Å². The molecular formula is C15H10BrF4NO3S. The SMILES string of the molecule is Cc1ccc(S(=O)(=O)O/N=C(/c2cc(Br)ccc2F)C(F)(F)F)cc1. The molecule has 0 aromatic heterocycles. The zero-order valence-electron chi connectivity index (χ0n) is 12.5. The molecule has 0 aliphatic heterocycles. The average Bonchev–Trinajstić information content (AvgIpc) is 2.50. The molecular weight excluding hydrogens is 430 g/mol. The second kappa shape index (κ2) is 7.12. The topological polar surface area (TPSA) is 55.7 Å². The van der Waals surface area contributed by atoms with E-state index in [0.29, 0.717) is 0 Å². The number of aryl methyl sites for hydroxylation is 1. The molecule has 0 amide bonds. The van der Waals surface area contributed by atoms with Crippen LogP contribution in [0.3, 0.4) is 0 Å². The molecule has 10 heteroatoms. The second-order valence-electron chi connectivity index (χ2n) is 4.90. The van der Waals surface area contributed by atoms with Crippen LogP contribution in [0.25, 0.3) is 0 Å². The van der Waals surface area contributed by atoms with Gasteiger partial charge >= 0.3 is 16.3 Å². The van der Waals surface area contributed by atoms with Crippen molar-refractivity contribution in [2.24, 2.45) is 5.16 Å². The normalized spacial score (nSPS) is 13.0. The fourth-order valence-electron chi connectivity index (χ4n) is 1.77. The number of benzene rings is 2. The molecule has 134 valence electrons. The summed E-state index contributed by atoms with van der Waals surface area (Å²) in [6.07, 6.45) is -5.13. The van der Waals surface area contributed by atoms with E-state index in [1.807, 2.05) is 0 Å². The Morgan fingerprint density at radius 3 is 2.28 bits per heavy atom. The number of nitrogens with zero attached hydrogens (tertiary/aromatic N) is 1. The maximum atomic E-state index is 13.7. The standard InChI is InChI=1S/C15H10BrF4NO3S/c1-9-2-5-11(6-3-9)25(22,23)24-21-14(15(18,19)20)12-8-10(16)4-7-13(12)17/h2-8H,1H3/b21-14-. The number of rotatable bonds is 4. The molecule has 2 aromatic rings. The highest BCUT2D eigenvalue weighted by Gasteiger charge is 2.40. The van der Waals surface area contributed by atoms with Gasteiger partial charge < -0.3 is 0 Å². The number of hydrogen-bond acceptors (Lipinski definition) is 4. The minimum Gasteiger partial charge on any atom is -0.264 e. The quantitative estimate of drug-likeness (QED) is 0.398. The fourth-order valence-corrected chi connectivity index (χ4v) is 2.86. The van der Waals surface area contributed by atoms with Crippen LogP contribution in [0.15, 0.2) is 57.0 Å². The Bertz CT molecular complexity index is 909. The molecule has 0 radical (unpaired) electrons. The van der Waals surface area contributed by atoms with Crippen molar-refractivity contribution in [2.45, 2.75) is 18.0 Å². The first-order valence-corrected chi connectivity index (χ1v) is 8.82. The lowest BCUT2D eigenvalue weighted by Gasteiger charge is -2.11. The summed E-state index contributed by atoms with van der Waals surface area (Å²) in [5.41, 5.74) is -2.00. The zero-order chi connectivity index (χ0) is 18.8. The van der Waals surface area contributed by atoms with Crippen molar-refractivity contribution < 1.29 is 30.3 Å². The van der Waals surface area contributed by atoms with Crippen LogP contribution in [0, 0.1) is 12.7 Å². The van der Waals surface area contributed by atoms with Gasteiger partial charge in [-0.05, 0) is 37.3 Å². The molecule has 25 heavy (non-hydrogen) atoms. The van der Waals surface area contributed by atoms with Gasteiger partial charge in [-0.3, -0.25) is 4.28 Å². The van der Waals surface area contributed by atoms with Crippen molar-refractivity contribution in [1.82, 2.24) is 0 Å². The molecule has 0 saturated carbocycles. The monoisotopic (exact) mass is 439 g/mol. The van der Waals surface area contributed by atoms with E-state index in [0.717, 1.165) is 29.8 Å². The van der Waals surface area contributed by atoms with Gasteiger partial charge in [0.15, 0.2) is 5.71 Å². The van der Waals surface area contributed by atoms with Gasteiger partial charge in [0.1, 0.15) is 10.7 Å². The van der Waals surface area contributed by atoms with Crippen molar-refractivity contribution in [3.8, 4) is 0 Å². The Balaban J connectivity index is 2.46. The van der Waals surface area contributed by atoms with Crippen LogP contribution in [-0.4, -0.2) is 20.3 Å². The maximum Gasteiger partial charge on any atom is 0.437 e. The maximum absolute atomic E-state index is 13.7. The van der Waals surface area contributed by atoms with Crippen molar-refractivity contribution in [3.63, 3.8) is 0 Å². The largest absolute Gasteiger partial charge is 0.437 e. The van der Waals surface area contributed by atoms with Gasteiger partial charge in [0.2, 0.25) is 0 Å². The number of hydrogen-bond donors (Lipinski definition) is 0. The lowest BCUT2D eigenvalue weighted by atomic mass is 10.1. The predicted molar refractivity (Wildman–Crippen MR) is 86.1 cm³/mol. The van der Waals surface area contributed by atoms with Crippen LogP contribution in [0.4, 0.5) is 17.6 Å². The number of oxime groups is 1. The Kier molecular flexibility index (Phi) is 5.52. The van der Waals surface area contributed by atoms with Gasteiger partial charge in [-0.2, -0.15) is 21.6 Å². The average molecular weight is 440 g/mol. The summed E-state index contributed by atoms with van der Waals surface area (Å²) in [6.45, 7) is 1.70. The molecule has 0 unspecified atom stereocenters. The summed E-state index contributed by atoms with van der Waals surface area (Å²) in [7, 11) is -4.59. The van der Waals surface area contributed by atoms with Crippen molar-refractivity contribution in [1.29, 1.82) is 0 Å². The van der Waals surface area contributed by atoms with E-state index in [2.05, 4.69) is 25.4 Å². The van der Waals surface area contributed by atoms with Crippen LogP contribution in [0.5, 0.6) is 0 Å². The Morgan fingerprint density at radius 1 is 1.12 bits per heavy atom. The van der Waals surface area contributed by atoms with Gasteiger partial charge in [0, 0.05) is 10.0 Å². The fraction of sp³-hybridized carbons (Fsp3) is 0.133. The molecule has 0 N–H and O–H groups in total. The highest BCUT2D eigenvalue weighted by atomic mass is 79.9. The third kappa shape index (κ3) is 4.79. The van der Waals surface area contributed by atoms with E-state index in [1.165, 1.54) is 18.2 Å². The van der Waals surface area contributed by atoms with Crippen LogP contribution < -0.4 is 0 Å². The van der Waals surface area contributed by atoms with E-state index in [1.54, 1.807) is 6.92 Å². The van der Waals surface area contributed by atoms with E-state index in [-0.39, 0.29) is 9.37 Å². The first-order valence-electron chi connectivity index (χ1n) is 6.61. The molecule has 2 aromatic carbocycles. The molecule has 0 spiro atoms. The third-order valence-electron chi connectivity index (χ3n) is 2.99. The first kappa shape index (κ1) is 19.4. The molecule has 0 saturated heterocycles. The van der Waals surface area contributed by atoms with E-state index in [9.17, 15) is 26.0 Å². The third-order valence-corrected chi connectivity index (χ3v) is 4.60. The Morgan fingerprint density at radius 2 is 1.72 bits per heavy atom. The molecule has 0 bridgehead atoms. The smallest absolute Gasteiger partial charge is 0.264 e. The van der Waals surface area contributed by atoms with Crippen LogP contribution in [0.2, 0.25) is 0 Å². The van der Waals surface area contributed by atoms with Gasteiger partial charge in [-0.1, -0.05) is 38.8 Å². The summed E-state index contributed by atoms with van der Waals surface area (Å²) in [5.74, 6) is -1.23. The molecule has 0 atom stereocenters. The number of halogens is 5. The highest BCUT2D eigenvalue weighted by molar-refractivity contribution is 9.10. The van der Waals surface area contributed by atoms with E-state index >= 15 is 0 Å². The number of alkyl halides is 3. The molecule has 0 heterocycles. The highest BCUT2D eigenvalue weighted by Crippen LogP contribution is 2.27. The lowest BCUT2D eigenvalue weighted by molar-refractivity contribution is -0.0598. The van der Waals surface area contributed by atoms with Gasteiger partial charge in [-0.25, -0.2) is 4.39 Å². The van der Waals surface area contributed by atoms with Gasteiger partial charge in [0.25, 0.3) is 0 Å². The van der Waals surface area contributed by atoms with Crippen LogP contribution >= 0.6 is 15.9 Å². The molecule has 2 rings (SSSR count). The molecule has 0 fully saturated rings. The van der Waals surface area contributed by atoms with Crippen molar-refractivity contribution in [3.05, 3.63) is 63.9 Å². The van der Waals surface area contributed by atoms with Gasteiger partial charge in [-0.15, -0.1) is 0 Å². The minimum absolute atomic E-state index is 0.155. The Hall–Kier alpha value is -1.94. The molecule has 0 aliphatic carbocycles. The summed E-state index contributed by atoms with van der Waals surface area (Å²) in [5, 5.41) is 2.68. The van der Waals surface area contributed by atoms with E-state index < -0.39 is 33.4 Å². The minimum atomic E-state index is -5.13. The molecule has 0 aliphatic rings. The van der Waals surface area contributed by atoms with Crippen molar-refractivity contribution in [2.75, 3.05) is 0 Å². The summed E-state index contributed by atoms with van der Waals surface area (Å²) in [4.78, 5) is -0.377. The summed E-state index contributed by atoms with van der Waals surface area (Å²) < 4.78 is 81.4. The van der Waals surface area contributed by atoms with E-state index in [4.69, 9.17) is 0 Å². The first-order chi connectivity index (χ1) is 11.5. The second-order valence-corrected chi connectivity index (χ2v) is 7.35. The molecule has 4 nitrogen and oxygen atoms in total. The van der Waals surface area contributed by atoms with Gasteiger partial charge in [0.05, 0.1) is 0 Å². The van der Waals surface area contributed by atoms with Crippen LogP contribution in [0.1, 0.15) is 11.1 Å².